The van der Waals surface area contributed by atoms with E-state index in [0.29, 0.717) is 104 Å². The number of aromatic nitrogens is 5. The predicted molar refractivity (Wildman–Crippen MR) is 227 cm³/mol. The van der Waals surface area contributed by atoms with Crippen molar-refractivity contribution in [3.8, 4) is 11.3 Å². The van der Waals surface area contributed by atoms with Gasteiger partial charge in [-0.25, -0.2) is 9.78 Å². The first kappa shape index (κ1) is 46.1. The highest BCUT2D eigenvalue weighted by atomic mass is 127. The van der Waals surface area contributed by atoms with Gasteiger partial charge in [0, 0.05) is 84.6 Å². The topological polar surface area (TPSA) is 183 Å². The van der Waals surface area contributed by atoms with E-state index in [4.69, 9.17) is 43.1 Å². The first-order valence-electron chi connectivity index (χ1n) is 19.0. The third-order valence-corrected chi connectivity index (χ3v) is 9.37. The van der Waals surface area contributed by atoms with Gasteiger partial charge in [-0.15, -0.1) is 0 Å². The maximum atomic E-state index is 12.7. The second-order valence-electron chi connectivity index (χ2n) is 13.4. The monoisotopic (exact) mass is 926 g/mol. The lowest BCUT2D eigenvalue weighted by Gasteiger charge is -2.19. The SMILES string of the molecule is CCCn1cc(-c2nc(Nc3ccc(C(=O)NCCOCCOCCOCCOCCOCCOCCNC(=O)OC(C)(C)C)cc3)nc3c2ccn3SI)cn1. The zero-order valence-corrected chi connectivity index (χ0v) is 36.1. The van der Waals surface area contributed by atoms with Gasteiger partial charge in [0.25, 0.3) is 5.91 Å². The third kappa shape index (κ3) is 17.4. The minimum absolute atomic E-state index is 0.191. The molecular weight excluding hydrogens is 871 g/mol. The number of hydrogen-bond acceptors (Lipinski definition) is 14. The van der Waals surface area contributed by atoms with E-state index in [0.717, 1.165) is 40.9 Å². The zero-order chi connectivity index (χ0) is 40.7. The van der Waals surface area contributed by atoms with Gasteiger partial charge >= 0.3 is 6.09 Å². The van der Waals surface area contributed by atoms with E-state index in [2.05, 4.69) is 49.2 Å². The molecule has 57 heavy (non-hydrogen) atoms. The van der Waals surface area contributed by atoms with Gasteiger partial charge in [-0.2, -0.15) is 10.1 Å². The van der Waals surface area contributed by atoms with E-state index >= 15 is 0 Å². The van der Waals surface area contributed by atoms with Crippen LogP contribution in [0.1, 0.15) is 44.5 Å². The number of nitrogens with one attached hydrogen (secondary N) is 3. The van der Waals surface area contributed by atoms with Crippen molar-refractivity contribution in [3.05, 3.63) is 54.5 Å². The molecule has 0 aliphatic heterocycles. The number of rotatable bonds is 28. The van der Waals surface area contributed by atoms with E-state index in [-0.39, 0.29) is 5.91 Å². The first-order chi connectivity index (χ1) is 27.7. The molecule has 3 aromatic heterocycles. The van der Waals surface area contributed by atoms with Crippen molar-refractivity contribution in [1.29, 1.82) is 0 Å². The standard InChI is InChI=1S/C38H55IN8O9S/c1-5-13-46-28-30(27-42-46)33-32-10-14-47(57-39)34(32)45-36(44-33)43-31-8-6-29(7-9-31)35(48)40-11-15-50-17-19-52-21-23-54-25-26-55-24-22-53-20-18-51-16-12-41-37(49)56-38(2,3)4/h6-10,14,27-28H,5,11-13,15-26H2,1-4H3,(H,40,48)(H,41,49)(H,43,44,45). The van der Waals surface area contributed by atoms with Gasteiger partial charge in [-0.05, 0) is 57.5 Å². The molecule has 0 atom stereocenters. The number of carbonyl (C=O) groups is 2. The van der Waals surface area contributed by atoms with Crippen LogP contribution in [0.4, 0.5) is 16.4 Å². The van der Waals surface area contributed by atoms with Crippen LogP contribution in [0.5, 0.6) is 0 Å². The molecule has 1 aromatic carbocycles. The van der Waals surface area contributed by atoms with Gasteiger partial charge in [-0.3, -0.25) is 13.4 Å². The number of fused-ring (bicyclic) bond motifs is 1. The van der Waals surface area contributed by atoms with Gasteiger partial charge in [0.05, 0.1) is 91.2 Å². The van der Waals surface area contributed by atoms with Crippen LogP contribution in [0.2, 0.25) is 0 Å². The lowest BCUT2D eigenvalue weighted by atomic mass is 10.2. The molecule has 0 fully saturated rings. The smallest absolute Gasteiger partial charge is 0.407 e. The highest BCUT2D eigenvalue weighted by Crippen LogP contribution is 2.32. The summed E-state index contributed by atoms with van der Waals surface area (Å²) in [6.45, 7) is 14.3. The number of ether oxygens (including phenoxy) is 7. The molecule has 0 aliphatic rings. The van der Waals surface area contributed by atoms with Gasteiger partial charge in [0.1, 0.15) is 5.60 Å². The molecule has 0 radical (unpaired) electrons. The van der Waals surface area contributed by atoms with Gasteiger partial charge < -0.3 is 49.1 Å². The maximum absolute atomic E-state index is 12.7. The summed E-state index contributed by atoms with van der Waals surface area (Å²) in [5.74, 6) is 0.258. The number of nitrogens with zero attached hydrogens (tertiary/aromatic N) is 5. The molecule has 314 valence electrons. The van der Waals surface area contributed by atoms with Crippen molar-refractivity contribution in [2.45, 2.75) is 46.3 Å². The molecule has 0 spiro atoms. The van der Waals surface area contributed by atoms with Crippen LogP contribution < -0.4 is 16.0 Å². The van der Waals surface area contributed by atoms with Crippen LogP contribution in [0.15, 0.2) is 48.9 Å². The van der Waals surface area contributed by atoms with Crippen LogP contribution in [0, 0.1) is 0 Å². The van der Waals surface area contributed by atoms with Crippen molar-refractivity contribution in [1.82, 2.24) is 34.4 Å². The largest absolute Gasteiger partial charge is 0.444 e. The second kappa shape index (κ2) is 25.7. The number of alkyl carbamates (subject to hydrolysis) is 1. The van der Waals surface area contributed by atoms with Crippen LogP contribution in [0.25, 0.3) is 22.3 Å². The lowest BCUT2D eigenvalue weighted by Crippen LogP contribution is -2.34. The Morgan fingerprint density at radius 1 is 0.772 bits per heavy atom. The summed E-state index contributed by atoms with van der Waals surface area (Å²) in [7, 11) is 1.53. The molecule has 3 N–H and O–H groups in total. The molecule has 4 rings (SSSR count). The highest BCUT2D eigenvalue weighted by Gasteiger charge is 2.17. The average Bonchev–Trinajstić information content (AvgIpc) is 3.83. The van der Waals surface area contributed by atoms with E-state index in [1.165, 1.54) is 9.12 Å². The predicted octanol–water partition coefficient (Wildman–Crippen LogP) is 5.65. The Morgan fingerprint density at radius 2 is 1.33 bits per heavy atom. The number of aryl methyl sites for hydroxylation is 1. The summed E-state index contributed by atoms with van der Waals surface area (Å²) in [6, 6.07) is 9.18. The third-order valence-electron chi connectivity index (χ3n) is 7.65. The van der Waals surface area contributed by atoms with Crippen molar-refractivity contribution in [2.75, 3.05) is 97.7 Å². The number of benzene rings is 1. The molecule has 0 saturated carbocycles. The molecule has 0 unspecified atom stereocenters. The fourth-order valence-corrected chi connectivity index (χ4v) is 6.34. The zero-order valence-electron chi connectivity index (χ0n) is 33.1. The second-order valence-corrected chi connectivity index (χ2v) is 15.1. The van der Waals surface area contributed by atoms with Crippen molar-refractivity contribution in [3.63, 3.8) is 0 Å². The summed E-state index contributed by atoms with van der Waals surface area (Å²) in [6.07, 6.45) is 6.35. The Kier molecular flexibility index (Phi) is 20.8. The van der Waals surface area contributed by atoms with Crippen LogP contribution in [-0.4, -0.2) is 134 Å². The highest BCUT2D eigenvalue weighted by molar-refractivity contribution is 14.2. The van der Waals surface area contributed by atoms with E-state index < -0.39 is 11.7 Å². The Bertz CT molecular complexity index is 1770. The number of amides is 2. The molecule has 3 heterocycles. The molecule has 0 aliphatic carbocycles. The van der Waals surface area contributed by atoms with E-state index in [9.17, 15) is 9.59 Å². The summed E-state index contributed by atoms with van der Waals surface area (Å²) >= 11 is 2.23. The Labute approximate surface area is 350 Å². The minimum atomic E-state index is -0.522. The first-order valence-corrected chi connectivity index (χ1v) is 22.3. The Morgan fingerprint density at radius 3 is 1.88 bits per heavy atom. The molecule has 2 amide bonds. The minimum Gasteiger partial charge on any atom is -0.444 e. The average molecular weight is 927 g/mol. The molecule has 19 heteroatoms. The van der Waals surface area contributed by atoms with Crippen molar-refractivity contribution < 1.29 is 42.7 Å². The van der Waals surface area contributed by atoms with Crippen LogP contribution in [0.3, 0.4) is 0 Å². The molecule has 0 saturated heterocycles. The summed E-state index contributed by atoms with van der Waals surface area (Å²) in [5, 5.41) is 14.2. The van der Waals surface area contributed by atoms with E-state index in [1.54, 1.807) is 12.1 Å². The van der Waals surface area contributed by atoms with Gasteiger partial charge in [0.15, 0.2) is 5.65 Å². The number of anilines is 2. The van der Waals surface area contributed by atoms with Gasteiger partial charge in [-0.1, -0.05) is 6.92 Å². The fraction of sp³-hybridized carbons (Fsp3) is 0.553. The lowest BCUT2D eigenvalue weighted by molar-refractivity contribution is -0.0164. The molecular formula is C38H55IN8O9S. The number of carbonyl (C=O) groups excluding carboxylic acids is 2. The number of halogens is 1. The van der Waals surface area contributed by atoms with Crippen molar-refractivity contribution in [2.24, 2.45) is 0 Å². The van der Waals surface area contributed by atoms with Gasteiger partial charge in [0.2, 0.25) is 5.95 Å². The summed E-state index contributed by atoms with van der Waals surface area (Å²) < 4.78 is 42.0. The van der Waals surface area contributed by atoms with E-state index in [1.807, 2.05) is 66.2 Å². The fourth-order valence-electron chi connectivity index (χ4n) is 5.07. The summed E-state index contributed by atoms with van der Waals surface area (Å²) in [4.78, 5) is 33.8. The van der Waals surface area contributed by atoms with Crippen LogP contribution in [-0.2, 0) is 39.7 Å². The molecule has 0 bridgehead atoms. The number of hydrogen-bond donors (Lipinski definition) is 3. The molecule has 4 aromatic rings. The van der Waals surface area contributed by atoms with Crippen LogP contribution >= 0.6 is 30.3 Å². The normalized spacial score (nSPS) is 11.6. The summed E-state index contributed by atoms with van der Waals surface area (Å²) in [5.41, 5.74) is 3.28. The molecule has 17 nitrogen and oxygen atoms in total. The Hall–Kier alpha value is -3.57. The quantitative estimate of drug-likeness (QED) is 0.0470. The maximum Gasteiger partial charge on any atom is 0.407 e. The Balaban J connectivity index is 0.980. The van der Waals surface area contributed by atoms with Crippen molar-refractivity contribution >= 4 is 65.0 Å².